The summed E-state index contributed by atoms with van der Waals surface area (Å²) >= 11 is 0. The normalized spacial score (nSPS) is 13.5. The van der Waals surface area contributed by atoms with E-state index < -0.39 is 0 Å². The van der Waals surface area contributed by atoms with E-state index in [0.29, 0.717) is 5.82 Å². The molecule has 7 aromatic rings. The van der Waals surface area contributed by atoms with E-state index in [9.17, 15) is 0 Å². The van der Waals surface area contributed by atoms with Gasteiger partial charge in [-0.1, -0.05) is 129 Å². The number of para-hydroxylation sites is 3. The molecule has 0 amide bonds. The van der Waals surface area contributed by atoms with Crippen LogP contribution in [0.1, 0.15) is 25.0 Å². The lowest BCUT2D eigenvalue weighted by molar-refractivity contribution is 0.632. The van der Waals surface area contributed by atoms with Gasteiger partial charge in [0.2, 0.25) is 0 Å². The van der Waals surface area contributed by atoms with Crippen LogP contribution >= 0.6 is 0 Å². The largest absolute Gasteiger partial charge is 0.308 e. The number of fused-ring (bicyclic) bond motifs is 3. The molecule has 0 saturated carbocycles. The number of anilines is 3. The predicted octanol–water partition coefficient (Wildman–Crippen LogP) is 9.86. The Balaban J connectivity index is 1.39. The summed E-state index contributed by atoms with van der Waals surface area (Å²) in [5.41, 5.74) is 10.0. The molecule has 0 aliphatic carbocycles. The van der Waals surface area contributed by atoms with Gasteiger partial charge in [-0.3, -0.25) is 4.57 Å². The summed E-state index contributed by atoms with van der Waals surface area (Å²) in [5.74, 6) is 1.53. The van der Waals surface area contributed by atoms with Crippen molar-refractivity contribution in [3.8, 4) is 28.5 Å². The average Bonchev–Trinajstić information content (AvgIpc) is 3.45. The van der Waals surface area contributed by atoms with Crippen LogP contribution < -0.4 is 4.90 Å². The van der Waals surface area contributed by atoms with E-state index in [-0.39, 0.29) is 5.41 Å². The Kier molecular flexibility index (Phi) is 5.76. The molecule has 1 aliphatic rings. The minimum absolute atomic E-state index is 0.121. The topological polar surface area (TPSA) is 34.0 Å². The van der Waals surface area contributed by atoms with E-state index in [1.807, 2.05) is 24.3 Å². The van der Waals surface area contributed by atoms with Crippen LogP contribution in [0.3, 0.4) is 0 Å². The maximum Gasteiger partial charge on any atom is 0.162 e. The summed E-state index contributed by atoms with van der Waals surface area (Å²) in [6.45, 7) is 4.64. The molecule has 2 aromatic heterocycles. The highest BCUT2D eigenvalue weighted by Gasteiger charge is 2.37. The minimum Gasteiger partial charge on any atom is -0.308 e. The monoisotopic (exact) mass is 554 g/mol. The molecule has 4 heteroatoms. The van der Waals surface area contributed by atoms with Gasteiger partial charge in [-0.15, -0.1) is 0 Å². The Hall–Kier alpha value is -5.48. The fourth-order valence-corrected chi connectivity index (χ4v) is 6.49. The van der Waals surface area contributed by atoms with E-state index >= 15 is 0 Å². The van der Waals surface area contributed by atoms with Crippen molar-refractivity contribution in [2.75, 3.05) is 4.90 Å². The van der Waals surface area contributed by atoms with Gasteiger partial charge in [0.1, 0.15) is 5.82 Å². The van der Waals surface area contributed by atoms with Crippen molar-refractivity contribution >= 4 is 28.0 Å². The highest BCUT2D eigenvalue weighted by molar-refractivity contribution is 6.01. The molecule has 0 saturated heterocycles. The van der Waals surface area contributed by atoms with E-state index in [1.54, 1.807) is 0 Å². The van der Waals surface area contributed by atoms with Gasteiger partial charge in [-0.25, -0.2) is 9.97 Å². The maximum absolute atomic E-state index is 5.15. The van der Waals surface area contributed by atoms with Crippen LogP contribution in [0.4, 0.5) is 17.1 Å². The van der Waals surface area contributed by atoms with Crippen molar-refractivity contribution in [2.45, 2.75) is 19.3 Å². The Morgan fingerprint density at radius 2 is 1.09 bits per heavy atom. The molecule has 4 nitrogen and oxygen atoms in total. The number of benzene rings is 5. The molecule has 0 bridgehead atoms. The summed E-state index contributed by atoms with van der Waals surface area (Å²) in [6.07, 6.45) is 2.24. The molecule has 8 rings (SSSR count). The molecule has 3 heterocycles. The first-order valence-corrected chi connectivity index (χ1v) is 14.7. The number of rotatable bonds is 4. The Bertz CT molecular complexity index is 2000. The van der Waals surface area contributed by atoms with E-state index in [0.717, 1.165) is 39.2 Å². The van der Waals surface area contributed by atoms with Crippen molar-refractivity contribution in [2.24, 2.45) is 0 Å². The summed E-state index contributed by atoms with van der Waals surface area (Å²) in [7, 11) is 0. The van der Waals surface area contributed by atoms with Crippen LogP contribution in [0, 0.1) is 0 Å². The van der Waals surface area contributed by atoms with Crippen LogP contribution in [-0.2, 0) is 5.41 Å². The summed E-state index contributed by atoms with van der Waals surface area (Å²) in [6, 6.07) is 48.8. The summed E-state index contributed by atoms with van der Waals surface area (Å²) < 4.78 is 2.22. The second-order valence-corrected chi connectivity index (χ2v) is 11.6. The second kappa shape index (κ2) is 9.81. The van der Waals surface area contributed by atoms with E-state index in [4.69, 9.17) is 9.97 Å². The molecule has 5 aromatic carbocycles. The van der Waals surface area contributed by atoms with Crippen molar-refractivity contribution in [1.82, 2.24) is 14.5 Å². The maximum atomic E-state index is 5.15. The number of hydrogen-bond donors (Lipinski definition) is 0. The zero-order chi connectivity index (χ0) is 29.0. The third kappa shape index (κ3) is 4.06. The fraction of sp³-hybridized carbons (Fsp3) is 0.0769. The van der Waals surface area contributed by atoms with Crippen molar-refractivity contribution in [3.63, 3.8) is 0 Å². The van der Waals surface area contributed by atoms with Crippen molar-refractivity contribution < 1.29 is 0 Å². The third-order valence-corrected chi connectivity index (χ3v) is 8.63. The van der Waals surface area contributed by atoms with Gasteiger partial charge in [-0.05, 0) is 29.3 Å². The molecule has 43 heavy (non-hydrogen) atoms. The SMILES string of the molecule is CC1(C)c2ccccc2N(c2cn(-c3cc(-c4ccccc4)nc(-c4ccccc4)n3)c3ccccc23)c2ccccc21. The van der Waals surface area contributed by atoms with Crippen LogP contribution in [0.15, 0.2) is 146 Å². The molecule has 0 radical (unpaired) electrons. The average molecular weight is 555 g/mol. The zero-order valence-corrected chi connectivity index (χ0v) is 24.1. The third-order valence-electron chi connectivity index (χ3n) is 8.63. The molecule has 0 spiro atoms. The van der Waals surface area contributed by atoms with E-state index in [2.05, 4.69) is 145 Å². The fourth-order valence-electron chi connectivity index (χ4n) is 6.49. The number of nitrogens with zero attached hydrogens (tertiary/aromatic N) is 4. The Morgan fingerprint density at radius 3 is 1.77 bits per heavy atom. The first-order valence-electron chi connectivity index (χ1n) is 14.7. The van der Waals surface area contributed by atoms with Gasteiger partial charge in [0.05, 0.1) is 28.3 Å². The quantitative estimate of drug-likeness (QED) is 0.217. The van der Waals surface area contributed by atoms with Gasteiger partial charge in [-0.2, -0.15) is 0 Å². The lowest BCUT2D eigenvalue weighted by atomic mass is 9.73. The second-order valence-electron chi connectivity index (χ2n) is 11.6. The lowest BCUT2D eigenvalue weighted by Gasteiger charge is -2.41. The van der Waals surface area contributed by atoms with Crippen LogP contribution in [0.25, 0.3) is 39.4 Å². The van der Waals surface area contributed by atoms with Crippen molar-refractivity contribution in [3.05, 3.63) is 157 Å². The van der Waals surface area contributed by atoms with Gasteiger partial charge in [0.15, 0.2) is 5.82 Å². The van der Waals surface area contributed by atoms with E-state index in [1.165, 1.54) is 22.5 Å². The first-order chi connectivity index (χ1) is 21.1. The smallest absolute Gasteiger partial charge is 0.162 e. The van der Waals surface area contributed by atoms with Gasteiger partial charge >= 0.3 is 0 Å². The lowest BCUT2D eigenvalue weighted by Crippen LogP contribution is -2.30. The summed E-state index contributed by atoms with van der Waals surface area (Å²) in [5, 5.41) is 1.16. The molecule has 0 N–H and O–H groups in total. The van der Waals surface area contributed by atoms with Crippen molar-refractivity contribution in [1.29, 1.82) is 0 Å². The Labute approximate surface area is 251 Å². The summed E-state index contributed by atoms with van der Waals surface area (Å²) in [4.78, 5) is 12.6. The van der Waals surface area contributed by atoms with Crippen LogP contribution in [0.5, 0.6) is 0 Å². The first kappa shape index (κ1) is 25.2. The molecule has 1 aliphatic heterocycles. The van der Waals surface area contributed by atoms with Gasteiger partial charge in [0.25, 0.3) is 0 Å². The molecular formula is C39H30N4. The minimum atomic E-state index is -0.121. The van der Waals surface area contributed by atoms with Crippen LogP contribution in [0.2, 0.25) is 0 Å². The highest BCUT2D eigenvalue weighted by Crippen LogP contribution is 2.53. The van der Waals surface area contributed by atoms with Gasteiger partial charge in [0, 0.05) is 34.2 Å². The van der Waals surface area contributed by atoms with Gasteiger partial charge < -0.3 is 4.90 Å². The molecule has 206 valence electrons. The Morgan fingerprint density at radius 1 is 0.535 bits per heavy atom. The molecule has 0 fully saturated rings. The molecule has 0 unspecified atom stereocenters. The predicted molar refractivity (Wildman–Crippen MR) is 177 cm³/mol. The van der Waals surface area contributed by atoms with Crippen LogP contribution in [-0.4, -0.2) is 14.5 Å². The molecule has 0 atom stereocenters. The number of aromatic nitrogens is 3. The standard InChI is InChI=1S/C39H30N4/c1-39(2)30-20-10-13-23-34(30)43(35-24-14-11-21-31(35)39)36-26-42(33-22-12-9-19-29(33)36)37-25-32(27-15-5-3-6-16-27)40-38(41-37)28-17-7-4-8-18-28/h3-26H,1-2H3. The number of hydrogen-bond acceptors (Lipinski definition) is 3. The highest BCUT2D eigenvalue weighted by atomic mass is 15.2. The molecular weight excluding hydrogens is 524 g/mol. The zero-order valence-electron chi connectivity index (χ0n) is 24.1.